The van der Waals surface area contributed by atoms with E-state index in [-0.39, 0.29) is 5.91 Å². The molecule has 5 nitrogen and oxygen atoms in total. The number of amides is 1. The van der Waals surface area contributed by atoms with Crippen LogP contribution >= 0.6 is 0 Å². The van der Waals surface area contributed by atoms with E-state index in [4.69, 9.17) is 4.74 Å². The summed E-state index contributed by atoms with van der Waals surface area (Å²) in [6, 6.07) is 18.5. The molecule has 0 spiro atoms. The third kappa shape index (κ3) is 4.33. The Morgan fingerprint density at radius 3 is 2.62 bits per heavy atom. The van der Waals surface area contributed by atoms with Gasteiger partial charge in [-0.25, -0.2) is 4.79 Å². The Bertz CT molecular complexity index is 946. The summed E-state index contributed by atoms with van der Waals surface area (Å²) < 4.78 is 5.16. The van der Waals surface area contributed by atoms with Crippen LogP contribution in [-0.2, 0) is 14.3 Å². The number of benzene rings is 2. The van der Waals surface area contributed by atoms with Crippen LogP contribution in [0, 0.1) is 0 Å². The Morgan fingerprint density at radius 2 is 1.81 bits per heavy atom. The second kappa shape index (κ2) is 8.07. The van der Waals surface area contributed by atoms with Gasteiger partial charge in [0, 0.05) is 28.9 Å². The summed E-state index contributed by atoms with van der Waals surface area (Å²) >= 11 is 0. The highest BCUT2D eigenvalue weighted by Gasteiger charge is 2.16. The van der Waals surface area contributed by atoms with Crippen molar-refractivity contribution >= 4 is 34.5 Å². The molecule has 26 heavy (non-hydrogen) atoms. The Labute approximate surface area is 151 Å². The topological polar surface area (TPSA) is 68.3 Å². The zero-order valence-corrected chi connectivity index (χ0v) is 14.3. The molecule has 0 radical (unpaired) electrons. The second-order valence-electron chi connectivity index (χ2n) is 5.69. The Hall–Kier alpha value is -3.47. The normalized spacial score (nSPS) is 12.0. The third-order valence-corrected chi connectivity index (χ3v) is 3.77. The number of hydrogen-bond donors (Lipinski definition) is 1. The number of nitrogens with zero attached hydrogens (tertiary/aromatic N) is 1. The first-order chi connectivity index (χ1) is 12.6. The number of fused-ring (bicyclic) bond motifs is 1. The minimum absolute atomic E-state index is 0.384. The van der Waals surface area contributed by atoms with Crippen molar-refractivity contribution in [1.29, 1.82) is 0 Å². The molecule has 2 aromatic carbocycles. The molecule has 1 N–H and O–H groups in total. The molecule has 1 amide bonds. The highest BCUT2D eigenvalue weighted by atomic mass is 16.5. The van der Waals surface area contributed by atoms with Gasteiger partial charge in [-0.3, -0.25) is 9.78 Å². The molecule has 1 aromatic heterocycles. The van der Waals surface area contributed by atoms with Crippen LogP contribution in [0.1, 0.15) is 12.5 Å². The minimum Gasteiger partial charge on any atom is -0.449 e. The fraction of sp³-hybridized carbons (Fsp3) is 0.0952. The van der Waals surface area contributed by atoms with E-state index in [1.54, 1.807) is 24.4 Å². The minimum atomic E-state index is -0.905. The third-order valence-electron chi connectivity index (χ3n) is 3.77. The average molecular weight is 346 g/mol. The van der Waals surface area contributed by atoms with Crippen molar-refractivity contribution in [2.75, 3.05) is 5.32 Å². The molecule has 3 aromatic rings. The summed E-state index contributed by atoms with van der Waals surface area (Å²) in [7, 11) is 0. The van der Waals surface area contributed by atoms with E-state index in [1.165, 1.54) is 13.0 Å². The molecule has 1 heterocycles. The van der Waals surface area contributed by atoms with Crippen LogP contribution in [0.5, 0.6) is 0 Å². The number of para-hydroxylation sites is 2. The van der Waals surface area contributed by atoms with Crippen molar-refractivity contribution in [2.24, 2.45) is 0 Å². The maximum Gasteiger partial charge on any atom is 0.331 e. The lowest BCUT2D eigenvalue weighted by Gasteiger charge is -2.12. The SMILES string of the molecule is CC(OC(=O)C=Cc1cccc2cccnc12)C(=O)Nc1ccccc1. The molecule has 130 valence electrons. The lowest BCUT2D eigenvalue weighted by atomic mass is 10.1. The molecule has 0 bridgehead atoms. The molecule has 5 heteroatoms. The van der Waals surface area contributed by atoms with E-state index >= 15 is 0 Å². The monoisotopic (exact) mass is 346 g/mol. The predicted octanol–water partition coefficient (Wildman–Crippen LogP) is 3.82. The van der Waals surface area contributed by atoms with Crippen molar-refractivity contribution < 1.29 is 14.3 Å². The Balaban J connectivity index is 1.62. The lowest BCUT2D eigenvalue weighted by Crippen LogP contribution is -2.29. The van der Waals surface area contributed by atoms with Crippen LogP contribution in [0.25, 0.3) is 17.0 Å². The maximum absolute atomic E-state index is 12.1. The van der Waals surface area contributed by atoms with Gasteiger partial charge in [0.25, 0.3) is 5.91 Å². The van der Waals surface area contributed by atoms with Gasteiger partial charge < -0.3 is 10.1 Å². The quantitative estimate of drug-likeness (QED) is 0.563. The van der Waals surface area contributed by atoms with Gasteiger partial charge in [0.15, 0.2) is 6.10 Å². The smallest absolute Gasteiger partial charge is 0.331 e. The van der Waals surface area contributed by atoms with Crippen molar-refractivity contribution in [2.45, 2.75) is 13.0 Å². The zero-order chi connectivity index (χ0) is 18.4. The van der Waals surface area contributed by atoms with Gasteiger partial charge in [0.05, 0.1) is 5.52 Å². The molecule has 0 aliphatic rings. The van der Waals surface area contributed by atoms with E-state index in [1.807, 2.05) is 48.5 Å². The van der Waals surface area contributed by atoms with Crippen molar-refractivity contribution in [3.63, 3.8) is 0 Å². The highest BCUT2D eigenvalue weighted by Crippen LogP contribution is 2.17. The van der Waals surface area contributed by atoms with E-state index in [0.29, 0.717) is 5.69 Å². The number of pyridine rings is 1. The first-order valence-corrected chi connectivity index (χ1v) is 8.22. The Morgan fingerprint density at radius 1 is 1.04 bits per heavy atom. The number of carbonyl (C=O) groups excluding carboxylic acids is 2. The van der Waals surface area contributed by atoms with Gasteiger partial charge in [-0.15, -0.1) is 0 Å². The fourth-order valence-corrected chi connectivity index (χ4v) is 2.45. The van der Waals surface area contributed by atoms with E-state index < -0.39 is 12.1 Å². The first-order valence-electron chi connectivity index (χ1n) is 8.22. The van der Waals surface area contributed by atoms with Gasteiger partial charge in [-0.1, -0.05) is 42.5 Å². The summed E-state index contributed by atoms with van der Waals surface area (Å²) in [6.45, 7) is 1.53. The zero-order valence-electron chi connectivity index (χ0n) is 14.3. The van der Waals surface area contributed by atoms with Crippen LogP contribution in [-0.4, -0.2) is 23.0 Å². The number of carbonyl (C=O) groups is 2. The largest absolute Gasteiger partial charge is 0.449 e. The van der Waals surface area contributed by atoms with Gasteiger partial charge in [0.2, 0.25) is 0 Å². The number of hydrogen-bond acceptors (Lipinski definition) is 4. The maximum atomic E-state index is 12.1. The van der Waals surface area contributed by atoms with Gasteiger partial charge in [0.1, 0.15) is 0 Å². The Kier molecular flexibility index (Phi) is 5.39. The number of ether oxygens (including phenoxy) is 1. The van der Waals surface area contributed by atoms with Gasteiger partial charge in [-0.05, 0) is 31.2 Å². The van der Waals surface area contributed by atoms with Gasteiger partial charge >= 0.3 is 5.97 Å². The molecule has 0 aliphatic carbocycles. The summed E-state index contributed by atoms with van der Waals surface area (Å²) in [6.07, 6.45) is 3.74. The van der Waals surface area contributed by atoms with E-state index in [0.717, 1.165) is 16.5 Å². The summed E-state index contributed by atoms with van der Waals surface area (Å²) in [4.78, 5) is 28.4. The molecule has 0 fully saturated rings. The molecule has 0 saturated carbocycles. The summed E-state index contributed by atoms with van der Waals surface area (Å²) in [5.41, 5.74) is 2.26. The molecule has 1 unspecified atom stereocenters. The van der Waals surface area contributed by atoms with Crippen molar-refractivity contribution in [1.82, 2.24) is 4.98 Å². The van der Waals surface area contributed by atoms with Crippen LogP contribution in [0.4, 0.5) is 5.69 Å². The molecule has 1 atom stereocenters. The molecule has 0 saturated heterocycles. The summed E-state index contributed by atoms with van der Waals surface area (Å²) in [5, 5.41) is 3.68. The summed E-state index contributed by atoms with van der Waals surface area (Å²) in [5.74, 6) is -0.974. The van der Waals surface area contributed by atoms with Crippen LogP contribution in [0.2, 0.25) is 0 Å². The van der Waals surface area contributed by atoms with E-state index in [9.17, 15) is 9.59 Å². The molecule has 0 aliphatic heterocycles. The first kappa shape index (κ1) is 17.4. The van der Waals surface area contributed by atoms with Crippen LogP contribution < -0.4 is 5.32 Å². The van der Waals surface area contributed by atoms with E-state index in [2.05, 4.69) is 10.3 Å². The predicted molar refractivity (Wildman–Crippen MR) is 101 cm³/mol. The number of rotatable bonds is 5. The average Bonchev–Trinajstić information content (AvgIpc) is 2.67. The highest BCUT2D eigenvalue weighted by molar-refractivity contribution is 5.97. The van der Waals surface area contributed by atoms with Crippen LogP contribution in [0.3, 0.4) is 0 Å². The molecule has 3 rings (SSSR count). The van der Waals surface area contributed by atoms with Gasteiger partial charge in [-0.2, -0.15) is 0 Å². The van der Waals surface area contributed by atoms with Crippen molar-refractivity contribution in [3.05, 3.63) is 78.5 Å². The number of nitrogens with one attached hydrogen (secondary N) is 1. The number of aromatic nitrogens is 1. The fourth-order valence-electron chi connectivity index (χ4n) is 2.45. The number of anilines is 1. The molecular weight excluding hydrogens is 328 g/mol. The second-order valence-corrected chi connectivity index (χ2v) is 5.69. The van der Waals surface area contributed by atoms with Crippen LogP contribution in [0.15, 0.2) is 72.9 Å². The number of esters is 1. The standard InChI is InChI=1S/C21H18N2O3/c1-15(21(25)23-18-10-3-2-4-11-18)26-19(24)13-12-17-8-5-7-16-9-6-14-22-20(16)17/h2-15H,1H3,(H,23,25). The van der Waals surface area contributed by atoms with Crippen molar-refractivity contribution in [3.8, 4) is 0 Å². The lowest BCUT2D eigenvalue weighted by molar-refractivity contribution is -0.148. The molecular formula is C21H18N2O3.